The SMILES string of the molecule is CC(C)C(C)(O)CNC(=O)C(c1ccccc1)N1CCN(C)CC1. The van der Waals surface area contributed by atoms with E-state index < -0.39 is 5.60 Å². The van der Waals surface area contributed by atoms with Crippen molar-refractivity contribution in [1.29, 1.82) is 0 Å². The molecule has 1 aromatic rings. The summed E-state index contributed by atoms with van der Waals surface area (Å²) < 4.78 is 0. The molecule has 0 aliphatic carbocycles. The Hall–Kier alpha value is -1.43. The molecule has 5 nitrogen and oxygen atoms in total. The lowest BCUT2D eigenvalue weighted by Crippen LogP contribution is -2.52. The number of nitrogens with one attached hydrogen (secondary N) is 1. The van der Waals surface area contributed by atoms with E-state index in [1.165, 1.54) is 0 Å². The van der Waals surface area contributed by atoms with Gasteiger partial charge in [0.1, 0.15) is 6.04 Å². The van der Waals surface area contributed by atoms with E-state index in [9.17, 15) is 9.90 Å². The minimum atomic E-state index is -0.904. The van der Waals surface area contributed by atoms with Gasteiger partial charge in [0.25, 0.3) is 0 Å². The molecule has 1 saturated heterocycles. The van der Waals surface area contributed by atoms with Crippen LogP contribution in [0.4, 0.5) is 0 Å². The molecule has 0 radical (unpaired) electrons. The van der Waals surface area contributed by atoms with Gasteiger partial charge in [-0.25, -0.2) is 0 Å². The van der Waals surface area contributed by atoms with Gasteiger partial charge in [-0.3, -0.25) is 9.69 Å². The minimum absolute atomic E-state index is 0.0355. The van der Waals surface area contributed by atoms with Gasteiger partial charge in [-0.05, 0) is 25.5 Å². The van der Waals surface area contributed by atoms with Crippen molar-refractivity contribution >= 4 is 5.91 Å². The summed E-state index contributed by atoms with van der Waals surface area (Å²) in [5.74, 6) is 0.0447. The third-order valence-corrected chi connectivity index (χ3v) is 5.13. The fourth-order valence-electron chi connectivity index (χ4n) is 2.81. The third-order valence-electron chi connectivity index (χ3n) is 5.13. The lowest BCUT2D eigenvalue weighted by Gasteiger charge is -2.38. The maximum absolute atomic E-state index is 12.9. The largest absolute Gasteiger partial charge is 0.388 e. The Labute approximate surface area is 145 Å². The van der Waals surface area contributed by atoms with Crippen LogP contribution in [0.15, 0.2) is 30.3 Å². The topological polar surface area (TPSA) is 55.8 Å². The van der Waals surface area contributed by atoms with E-state index in [0.29, 0.717) is 0 Å². The number of likely N-dealkylation sites (N-methyl/N-ethyl adjacent to an activating group) is 1. The minimum Gasteiger partial charge on any atom is -0.388 e. The summed E-state index contributed by atoms with van der Waals surface area (Å²) in [4.78, 5) is 17.4. The zero-order valence-corrected chi connectivity index (χ0v) is 15.3. The van der Waals surface area contributed by atoms with Gasteiger partial charge in [0.15, 0.2) is 0 Å². The first-order valence-corrected chi connectivity index (χ1v) is 8.79. The van der Waals surface area contributed by atoms with Crippen molar-refractivity contribution in [3.63, 3.8) is 0 Å². The van der Waals surface area contributed by atoms with Crippen molar-refractivity contribution in [2.45, 2.75) is 32.4 Å². The third kappa shape index (κ3) is 4.79. The molecule has 24 heavy (non-hydrogen) atoms. The van der Waals surface area contributed by atoms with Gasteiger partial charge in [0.05, 0.1) is 5.60 Å². The summed E-state index contributed by atoms with van der Waals surface area (Å²) in [6.45, 7) is 9.60. The molecule has 2 atom stereocenters. The molecule has 1 aliphatic rings. The molecule has 1 aliphatic heterocycles. The summed E-state index contributed by atoms with van der Waals surface area (Å²) in [7, 11) is 2.11. The highest BCUT2D eigenvalue weighted by Gasteiger charge is 2.32. The van der Waals surface area contributed by atoms with Crippen LogP contribution in [-0.4, -0.2) is 66.2 Å². The molecule has 1 heterocycles. The van der Waals surface area contributed by atoms with Gasteiger partial charge >= 0.3 is 0 Å². The van der Waals surface area contributed by atoms with Crippen LogP contribution in [0, 0.1) is 5.92 Å². The Balaban J connectivity index is 2.12. The number of amides is 1. The van der Waals surface area contributed by atoms with Crippen molar-refractivity contribution in [3.05, 3.63) is 35.9 Å². The lowest BCUT2D eigenvalue weighted by molar-refractivity contribution is -0.129. The van der Waals surface area contributed by atoms with Crippen LogP contribution >= 0.6 is 0 Å². The monoisotopic (exact) mass is 333 g/mol. The van der Waals surface area contributed by atoms with Crippen LogP contribution in [0.5, 0.6) is 0 Å². The quantitative estimate of drug-likeness (QED) is 0.828. The molecule has 0 saturated carbocycles. The number of carbonyl (C=O) groups excluding carboxylic acids is 1. The number of benzene rings is 1. The maximum Gasteiger partial charge on any atom is 0.242 e. The van der Waals surface area contributed by atoms with Crippen LogP contribution in [0.25, 0.3) is 0 Å². The van der Waals surface area contributed by atoms with Gasteiger partial charge in [-0.2, -0.15) is 0 Å². The van der Waals surface area contributed by atoms with Crippen LogP contribution in [0.1, 0.15) is 32.4 Å². The van der Waals surface area contributed by atoms with Crippen molar-refractivity contribution in [2.24, 2.45) is 5.92 Å². The Morgan fingerprint density at radius 2 is 1.79 bits per heavy atom. The fraction of sp³-hybridized carbons (Fsp3) is 0.632. The maximum atomic E-state index is 12.9. The highest BCUT2D eigenvalue weighted by molar-refractivity contribution is 5.83. The number of aliphatic hydroxyl groups is 1. The molecular weight excluding hydrogens is 302 g/mol. The molecule has 1 fully saturated rings. The molecule has 2 unspecified atom stereocenters. The predicted octanol–water partition coefficient (Wildman–Crippen LogP) is 1.50. The first-order valence-electron chi connectivity index (χ1n) is 8.79. The second-order valence-electron chi connectivity index (χ2n) is 7.38. The first-order chi connectivity index (χ1) is 11.3. The Morgan fingerprint density at radius 3 is 2.33 bits per heavy atom. The van der Waals surface area contributed by atoms with Gasteiger partial charge in [0.2, 0.25) is 5.91 Å². The van der Waals surface area contributed by atoms with E-state index >= 15 is 0 Å². The zero-order valence-electron chi connectivity index (χ0n) is 15.3. The molecule has 2 rings (SSSR count). The van der Waals surface area contributed by atoms with Crippen LogP contribution in [0.2, 0.25) is 0 Å². The van der Waals surface area contributed by atoms with Gasteiger partial charge < -0.3 is 15.3 Å². The molecule has 0 bridgehead atoms. The highest BCUT2D eigenvalue weighted by Crippen LogP contribution is 2.23. The molecule has 134 valence electrons. The second kappa shape index (κ2) is 8.10. The number of piperazine rings is 1. The lowest BCUT2D eigenvalue weighted by atomic mass is 9.92. The Bertz CT molecular complexity index is 523. The number of hydrogen-bond donors (Lipinski definition) is 2. The normalized spacial score (nSPS) is 20.6. The van der Waals surface area contributed by atoms with Gasteiger partial charge in [-0.1, -0.05) is 44.2 Å². The number of carbonyl (C=O) groups is 1. The molecule has 1 aromatic carbocycles. The average Bonchev–Trinajstić information content (AvgIpc) is 2.56. The van der Waals surface area contributed by atoms with Gasteiger partial charge in [0, 0.05) is 32.7 Å². The predicted molar refractivity (Wildman–Crippen MR) is 96.7 cm³/mol. The van der Waals surface area contributed by atoms with Crippen LogP contribution in [0.3, 0.4) is 0 Å². The summed E-state index contributed by atoms with van der Waals surface area (Å²) in [5.41, 5.74) is 0.0997. The van der Waals surface area contributed by atoms with Gasteiger partial charge in [-0.15, -0.1) is 0 Å². The summed E-state index contributed by atoms with van der Waals surface area (Å²) >= 11 is 0. The van der Waals surface area contributed by atoms with E-state index in [1.807, 2.05) is 44.2 Å². The molecule has 5 heteroatoms. The first kappa shape index (κ1) is 18.9. The highest BCUT2D eigenvalue weighted by atomic mass is 16.3. The second-order valence-corrected chi connectivity index (χ2v) is 7.38. The smallest absolute Gasteiger partial charge is 0.242 e. The van der Waals surface area contributed by atoms with Crippen molar-refractivity contribution in [3.8, 4) is 0 Å². The fourth-order valence-corrected chi connectivity index (χ4v) is 2.81. The van der Waals surface area contributed by atoms with E-state index in [-0.39, 0.29) is 24.4 Å². The number of rotatable bonds is 6. The Morgan fingerprint density at radius 1 is 1.21 bits per heavy atom. The summed E-state index contributed by atoms with van der Waals surface area (Å²) in [6.07, 6.45) is 0. The van der Waals surface area contributed by atoms with E-state index in [1.54, 1.807) is 6.92 Å². The van der Waals surface area contributed by atoms with Crippen molar-refractivity contribution < 1.29 is 9.90 Å². The van der Waals surface area contributed by atoms with Crippen molar-refractivity contribution in [1.82, 2.24) is 15.1 Å². The average molecular weight is 333 g/mol. The Kier molecular flexibility index (Phi) is 6.38. The molecule has 1 amide bonds. The van der Waals surface area contributed by atoms with E-state index in [0.717, 1.165) is 31.7 Å². The van der Waals surface area contributed by atoms with Crippen LogP contribution < -0.4 is 5.32 Å². The van der Waals surface area contributed by atoms with E-state index in [4.69, 9.17) is 0 Å². The molecule has 0 aromatic heterocycles. The van der Waals surface area contributed by atoms with E-state index in [2.05, 4.69) is 22.2 Å². The molecular formula is C19H31N3O2. The molecule has 2 N–H and O–H groups in total. The summed E-state index contributed by atoms with van der Waals surface area (Å²) in [5, 5.41) is 13.4. The summed E-state index contributed by atoms with van der Waals surface area (Å²) in [6, 6.07) is 9.60. The van der Waals surface area contributed by atoms with Crippen LogP contribution in [-0.2, 0) is 4.79 Å². The standard InChI is InChI=1S/C19H31N3O2/c1-15(2)19(3,24)14-20-18(23)17(16-8-6-5-7-9-16)22-12-10-21(4)11-13-22/h5-9,15,17,24H,10-14H2,1-4H3,(H,20,23). The molecule has 0 spiro atoms. The number of hydrogen-bond acceptors (Lipinski definition) is 4. The number of nitrogens with zero attached hydrogens (tertiary/aromatic N) is 2. The van der Waals surface area contributed by atoms with Crippen molar-refractivity contribution in [2.75, 3.05) is 39.8 Å². The zero-order chi connectivity index (χ0) is 17.7.